The third kappa shape index (κ3) is 2.74. The van der Waals surface area contributed by atoms with Crippen molar-refractivity contribution in [3.8, 4) is 5.75 Å². The zero-order chi connectivity index (χ0) is 12.8. The lowest BCUT2D eigenvalue weighted by molar-refractivity contribution is -0.137. The van der Waals surface area contributed by atoms with Crippen LogP contribution in [0.1, 0.15) is 24.0 Å². The van der Waals surface area contributed by atoms with Crippen LogP contribution in [-0.4, -0.2) is 10.6 Å². The second-order valence-corrected chi connectivity index (χ2v) is 5.36. The second-order valence-electron chi connectivity index (χ2n) is 4.50. The van der Waals surface area contributed by atoms with Gasteiger partial charge in [0.05, 0.1) is 10.0 Å². The maximum Gasteiger partial charge on any atom is 0.416 e. The van der Waals surface area contributed by atoms with Crippen LogP contribution in [0, 0.1) is 0 Å². The van der Waals surface area contributed by atoms with Gasteiger partial charge in [-0.3, -0.25) is 0 Å². The maximum atomic E-state index is 12.6. The summed E-state index contributed by atoms with van der Waals surface area (Å²) in [7, 11) is 0. The summed E-state index contributed by atoms with van der Waals surface area (Å²) in [5.74, 6) is -0.158. The van der Waals surface area contributed by atoms with Crippen LogP contribution in [0.5, 0.6) is 5.75 Å². The Kier molecular flexibility index (Phi) is 2.90. The highest BCUT2D eigenvalue weighted by atomic mass is 79.9. The van der Waals surface area contributed by atoms with Crippen molar-refractivity contribution < 1.29 is 18.3 Å². The molecule has 0 heterocycles. The third-order valence-corrected chi connectivity index (χ3v) is 3.51. The smallest absolute Gasteiger partial charge is 0.416 e. The Bertz CT molecular complexity index is 455. The average Bonchev–Trinajstić information content (AvgIpc) is 2.89. The molecule has 6 heteroatoms. The van der Waals surface area contributed by atoms with E-state index in [2.05, 4.69) is 15.9 Å². The van der Waals surface area contributed by atoms with Crippen LogP contribution in [0.3, 0.4) is 0 Å². The standard InChI is InChI=1S/C11H11BrF3NO/c12-8-4-7(11(13,14)15)3-6(9(8)17)5-10(16)1-2-10/h3-4,17H,1-2,5,16H2. The molecule has 0 unspecified atom stereocenters. The van der Waals surface area contributed by atoms with Gasteiger partial charge in [0.25, 0.3) is 0 Å². The quantitative estimate of drug-likeness (QED) is 0.881. The highest BCUT2D eigenvalue weighted by Crippen LogP contribution is 2.42. The Morgan fingerprint density at radius 2 is 1.94 bits per heavy atom. The summed E-state index contributed by atoms with van der Waals surface area (Å²) in [5, 5.41) is 9.71. The molecule has 1 aliphatic carbocycles. The number of phenols is 1. The van der Waals surface area contributed by atoms with Crippen LogP contribution in [0.4, 0.5) is 13.2 Å². The SMILES string of the molecule is NC1(Cc2cc(C(F)(F)F)cc(Br)c2O)CC1. The Morgan fingerprint density at radius 1 is 1.35 bits per heavy atom. The molecule has 0 amide bonds. The molecular weight excluding hydrogens is 299 g/mol. The van der Waals surface area contributed by atoms with E-state index in [4.69, 9.17) is 5.73 Å². The van der Waals surface area contributed by atoms with Crippen molar-refractivity contribution in [1.29, 1.82) is 0 Å². The molecule has 3 N–H and O–H groups in total. The molecule has 1 fully saturated rings. The van der Waals surface area contributed by atoms with E-state index in [1.54, 1.807) is 0 Å². The summed E-state index contributed by atoms with van der Waals surface area (Å²) in [4.78, 5) is 0. The highest BCUT2D eigenvalue weighted by molar-refractivity contribution is 9.10. The molecule has 1 aromatic carbocycles. The molecule has 0 atom stereocenters. The van der Waals surface area contributed by atoms with E-state index in [0.29, 0.717) is 0 Å². The lowest BCUT2D eigenvalue weighted by atomic mass is 10.0. The van der Waals surface area contributed by atoms with Gasteiger partial charge in [-0.15, -0.1) is 0 Å². The molecule has 2 rings (SSSR count). The minimum atomic E-state index is -4.42. The van der Waals surface area contributed by atoms with Crippen molar-refractivity contribution in [2.24, 2.45) is 5.73 Å². The topological polar surface area (TPSA) is 46.2 Å². The van der Waals surface area contributed by atoms with Crippen molar-refractivity contribution >= 4 is 15.9 Å². The van der Waals surface area contributed by atoms with Gasteiger partial charge in [0.2, 0.25) is 0 Å². The minimum Gasteiger partial charge on any atom is -0.506 e. The van der Waals surface area contributed by atoms with Gasteiger partial charge < -0.3 is 10.8 Å². The van der Waals surface area contributed by atoms with E-state index in [-0.39, 0.29) is 22.2 Å². The summed E-state index contributed by atoms with van der Waals surface area (Å²) >= 11 is 2.93. The van der Waals surface area contributed by atoms with Gasteiger partial charge in [0, 0.05) is 5.54 Å². The minimum absolute atomic E-state index is 0.0478. The lowest BCUT2D eigenvalue weighted by Gasteiger charge is -2.15. The second kappa shape index (κ2) is 3.88. The Morgan fingerprint density at radius 3 is 2.41 bits per heavy atom. The molecule has 0 aromatic heterocycles. The zero-order valence-electron chi connectivity index (χ0n) is 8.81. The highest BCUT2D eigenvalue weighted by Gasteiger charge is 2.40. The largest absolute Gasteiger partial charge is 0.506 e. The molecule has 0 saturated heterocycles. The number of rotatable bonds is 2. The van der Waals surface area contributed by atoms with E-state index < -0.39 is 17.3 Å². The number of aromatic hydroxyl groups is 1. The van der Waals surface area contributed by atoms with Gasteiger partial charge in [0.1, 0.15) is 5.75 Å². The Hall–Kier alpha value is -0.750. The monoisotopic (exact) mass is 309 g/mol. The van der Waals surface area contributed by atoms with Crippen molar-refractivity contribution in [3.05, 3.63) is 27.7 Å². The van der Waals surface area contributed by atoms with Crippen LogP contribution in [0.2, 0.25) is 0 Å². The molecule has 17 heavy (non-hydrogen) atoms. The molecule has 0 radical (unpaired) electrons. The maximum absolute atomic E-state index is 12.6. The first kappa shape index (κ1) is 12.7. The molecular formula is C11H11BrF3NO. The number of alkyl halides is 3. The molecule has 1 saturated carbocycles. The van der Waals surface area contributed by atoms with Gasteiger partial charge >= 0.3 is 6.18 Å². The number of phenolic OH excluding ortho intramolecular Hbond substituents is 1. The normalized spacial score (nSPS) is 18.2. The predicted molar refractivity (Wildman–Crippen MR) is 60.7 cm³/mol. The van der Waals surface area contributed by atoms with Crippen LogP contribution in [0.15, 0.2) is 16.6 Å². The van der Waals surface area contributed by atoms with Gasteiger partial charge in [-0.1, -0.05) is 0 Å². The van der Waals surface area contributed by atoms with E-state index in [9.17, 15) is 18.3 Å². The molecule has 0 spiro atoms. The van der Waals surface area contributed by atoms with Gasteiger partial charge in [-0.05, 0) is 52.9 Å². The first-order chi connectivity index (χ1) is 7.71. The Balaban J connectivity index is 2.39. The van der Waals surface area contributed by atoms with Crippen molar-refractivity contribution in [2.75, 3.05) is 0 Å². The van der Waals surface area contributed by atoms with Crippen LogP contribution in [-0.2, 0) is 12.6 Å². The summed E-state index contributed by atoms with van der Waals surface area (Å²) in [6.07, 6.45) is -2.60. The molecule has 0 aliphatic heterocycles. The van der Waals surface area contributed by atoms with Gasteiger partial charge in [-0.25, -0.2) is 0 Å². The van der Waals surface area contributed by atoms with Crippen molar-refractivity contribution in [2.45, 2.75) is 31.0 Å². The van der Waals surface area contributed by atoms with E-state index >= 15 is 0 Å². The van der Waals surface area contributed by atoms with Crippen LogP contribution >= 0.6 is 15.9 Å². The van der Waals surface area contributed by atoms with E-state index in [1.165, 1.54) is 0 Å². The fourth-order valence-corrected chi connectivity index (χ4v) is 2.17. The van der Waals surface area contributed by atoms with E-state index in [0.717, 1.165) is 25.0 Å². The number of hydrogen-bond donors (Lipinski definition) is 2. The van der Waals surface area contributed by atoms with Crippen LogP contribution < -0.4 is 5.73 Å². The Labute approximate surface area is 105 Å². The first-order valence-electron chi connectivity index (χ1n) is 5.09. The van der Waals surface area contributed by atoms with E-state index in [1.807, 2.05) is 0 Å². The number of halogens is 4. The molecule has 0 bridgehead atoms. The molecule has 1 aliphatic rings. The lowest BCUT2D eigenvalue weighted by Crippen LogP contribution is -2.24. The van der Waals surface area contributed by atoms with Crippen molar-refractivity contribution in [3.63, 3.8) is 0 Å². The predicted octanol–water partition coefficient (Wildman–Crippen LogP) is 3.21. The number of nitrogens with two attached hydrogens (primary N) is 1. The third-order valence-electron chi connectivity index (χ3n) is 2.90. The van der Waals surface area contributed by atoms with Gasteiger partial charge in [0.15, 0.2) is 0 Å². The summed E-state index contributed by atoms with van der Waals surface area (Å²) in [6.45, 7) is 0. The zero-order valence-corrected chi connectivity index (χ0v) is 10.4. The van der Waals surface area contributed by atoms with Crippen LogP contribution in [0.25, 0.3) is 0 Å². The van der Waals surface area contributed by atoms with Gasteiger partial charge in [-0.2, -0.15) is 13.2 Å². The van der Waals surface area contributed by atoms with Crippen molar-refractivity contribution in [1.82, 2.24) is 0 Å². The molecule has 2 nitrogen and oxygen atoms in total. The number of hydrogen-bond acceptors (Lipinski definition) is 2. The summed E-state index contributed by atoms with van der Waals surface area (Å²) in [6, 6.07) is 1.84. The number of benzene rings is 1. The summed E-state index contributed by atoms with van der Waals surface area (Å²) < 4.78 is 37.8. The fourth-order valence-electron chi connectivity index (χ4n) is 1.67. The average molecular weight is 310 g/mol. The molecule has 1 aromatic rings. The fraction of sp³-hybridized carbons (Fsp3) is 0.455. The summed E-state index contributed by atoms with van der Waals surface area (Å²) in [5.41, 5.74) is 4.87. The first-order valence-corrected chi connectivity index (χ1v) is 5.88. The molecule has 94 valence electrons.